The average molecular weight is 919 g/mol. The highest BCUT2D eigenvalue weighted by atomic mass is 15.2. The topological polar surface area (TPSA) is 6.48 Å². The van der Waals surface area contributed by atoms with Crippen molar-refractivity contribution in [3.05, 3.63) is 300 Å². The predicted octanol–water partition coefficient (Wildman–Crippen LogP) is 18.6. The van der Waals surface area contributed by atoms with Gasteiger partial charge in [-0.2, -0.15) is 0 Å². The zero-order chi connectivity index (χ0) is 48.0. The van der Waals surface area contributed by atoms with Crippen LogP contribution in [0.25, 0.3) is 55.6 Å². The summed E-state index contributed by atoms with van der Waals surface area (Å²) in [6, 6.07) is 99.0. The molecule has 3 aliphatic carbocycles. The third-order valence-corrected chi connectivity index (χ3v) is 15.8. The lowest BCUT2D eigenvalue weighted by Gasteiger charge is -2.36. The van der Waals surface area contributed by atoms with Crippen molar-refractivity contribution in [2.75, 3.05) is 9.80 Å². The lowest BCUT2D eigenvalue weighted by molar-refractivity contribution is 0.660. The van der Waals surface area contributed by atoms with Crippen LogP contribution in [-0.2, 0) is 10.8 Å². The number of para-hydroxylation sites is 2. The van der Waals surface area contributed by atoms with E-state index in [4.69, 9.17) is 0 Å². The minimum absolute atomic E-state index is 0.351. The van der Waals surface area contributed by atoms with Gasteiger partial charge in [-0.15, -0.1) is 0 Å². The van der Waals surface area contributed by atoms with E-state index >= 15 is 0 Å². The molecule has 0 radical (unpaired) electrons. The summed E-state index contributed by atoms with van der Waals surface area (Å²) in [4.78, 5) is 4.99. The van der Waals surface area contributed by atoms with Gasteiger partial charge in [0, 0.05) is 33.9 Å². The second-order valence-electron chi connectivity index (χ2n) is 20.0. The van der Waals surface area contributed by atoms with Gasteiger partial charge >= 0.3 is 0 Å². The van der Waals surface area contributed by atoms with Crippen molar-refractivity contribution in [1.82, 2.24) is 0 Å². The SMILES string of the molecule is CC1(C)c2ccccc2-c2c3c(cc(N(c4ccccc4)c4cc(-c5ccccc5)cc(N(c5ccccc5)c5ccc(-c6ccccc6)cc5)c4)c21)C1(c2ccccc2-c2ccccc21)c1ccccc1-3. The summed E-state index contributed by atoms with van der Waals surface area (Å²) in [5.74, 6) is 0. The van der Waals surface area contributed by atoms with Gasteiger partial charge in [-0.1, -0.05) is 220 Å². The Morgan fingerprint density at radius 1 is 0.264 bits per heavy atom. The molecular weight excluding hydrogens is 869 g/mol. The molecule has 0 heterocycles. The molecule has 3 aliphatic rings. The molecular formula is C70H50N2. The molecule has 0 fully saturated rings. The fraction of sp³-hybridized carbons (Fsp3) is 0.0571. The molecule has 11 aromatic rings. The molecule has 2 nitrogen and oxygen atoms in total. The molecule has 340 valence electrons. The first kappa shape index (κ1) is 41.9. The molecule has 0 atom stereocenters. The summed E-state index contributed by atoms with van der Waals surface area (Å²) in [6.07, 6.45) is 0. The minimum Gasteiger partial charge on any atom is -0.310 e. The molecule has 0 bridgehead atoms. The van der Waals surface area contributed by atoms with Crippen LogP contribution in [0.1, 0.15) is 47.2 Å². The highest BCUT2D eigenvalue weighted by molar-refractivity contribution is 6.06. The van der Waals surface area contributed by atoms with Crippen molar-refractivity contribution in [2.24, 2.45) is 0 Å². The summed E-state index contributed by atoms with van der Waals surface area (Å²) in [7, 11) is 0. The largest absolute Gasteiger partial charge is 0.310 e. The lowest BCUT2D eigenvalue weighted by atomic mass is 9.69. The van der Waals surface area contributed by atoms with Crippen molar-refractivity contribution in [2.45, 2.75) is 24.7 Å². The van der Waals surface area contributed by atoms with Gasteiger partial charge in [0.1, 0.15) is 0 Å². The maximum Gasteiger partial charge on any atom is 0.0726 e. The van der Waals surface area contributed by atoms with Crippen molar-refractivity contribution in [3.8, 4) is 55.6 Å². The van der Waals surface area contributed by atoms with E-state index in [1.54, 1.807) is 0 Å². The van der Waals surface area contributed by atoms with Crippen molar-refractivity contribution in [3.63, 3.8) is 0 Å². The first-order valence-electron chi connectivity index (χ1n) is 25.2. The molecule has 14 rings (SSSR count). The number of hydrogen-bond acceptors (Lipinski definition) is 2. The number of fused-ring (bicyclic) bond motifs is 14. The highest BCUT2D eigenvalue weighted by Crippen LogP contribution is 2.68. The van der Waals surface area contributed by atoms with Crippen LogP contribution in [0, 0.1) is 0 Å². The van der Waals surface area contributed by atoms with E-state index < -0.39 is 5.41 Å². The van der Waals surface area contributed by atoms with Crippen LogP contribution in [0.3, 0.4) is 0 Å². The van der Waals surface area contributed by atoms with E-state index in [2.05, 4.69) is 291 Å². The molecule has 11 aromatic carbocycles. The second kappa shape index (κ2) is 16.3. The maximum atomic E-state index is 2.61. The van der Waals surface area contributed by atoms with Gasteiger partial charge in [-0.05, 0) is 150 Å². The minimum atomic E-state index is -0.542. The van der Waals surface area contributed by atoms with Gasteiger partial charge in [-0.25, -0.2) is 0 Å². The van der Waals surface area contributed by atoms with Gasteiger partial charge < -0.3 is 9.80 Å². The fourth-order valence-corrected chi connectivity index (χ4v) is 12.8. The molecule has 2 heteroatoms. The average Bonchev–Trinajstić information content (AvgIpc) is 4.01. The Labute approximate surface area is 422 Å². The summed E-state index contributed by atoms with van der Waals surface area (Å²) in [6.45, 7) is 4.88. The second-order valence-corrected chi connectivity index (χ2v) is 20.0. The first-order valence-corrected chi connectivity index (χ1v) is 25.2. The Morgan fingerprint density at radius 3 is 1.21 bits per heavy atom. The number of nitrogens with zero attached hydrogens (tertiary/aromatic N) is 2. The third kappa shape index (κ3) is 6.15. The fourth-order valence-electron chi connectivity index (χ4n) is 12.8. The van der Waals surface area contributed by atoms with Crippen LogP contribution >= 0.6 is 0 Å². The maximum absolute atomic E-state index is 2.61. The van der Waals surface area contributed by atoms with E-state index in [0.29, 0.717) is 0 Å². The van der Waals surface area contributed by atoms with E-state index in [1.807, 2.05) is 0 Å². The van der Waals surface area contributed by atoms with E-state index in [9.17, 15) is 0 Å². The molecule has 1 spiro atoms. The normalized spacial score (nSPS) is 13.6. The Kier molecular flexibility index (Phi) is 9.50. The number of anilines is 6. The number of hydrogen-bond donors (Lipinski definition) is 0. The van der Waals surface area contributed by atoms with Gasteiger partial charge in [0.15, 0.2) is 0 Å². The first-order chi connectivity index (χ1) is 35.5. The molecule has 0 unspecified atom stereocenters. The van der Waals surface area contributed by atoms with Crippen LogP contribution in [0.15, 0.2) is 267 Å². The van der Waals surface area contributed by atoms with Crippen LogP contribution in [0.5, 0.6) is 0 Å². The Hall–Kier alpha value is -8.98. The van der Waals surface area contributed by atoms with E-state index in [1.165, 1.54) is 83.6 Å². The van der Waals surface area contributed by atoms with Gasteiger partial charge in [0.25, 0.3) is 0 Å². The van der Waals surface area contributed by atoms with Crippen molar-refractivity contribution in [1.29, 1.82) is 0 Å². The summed E-state index contributed by atoms with van der Waals surface area (Å²) in [5.41, 5.74) is 26.3. The monoisotopic (exact) mass is 918 g/mol. The highest BCUT2D eigenvalue weighted by Gasteiger charge is 2.54. The zero-order valence-electron chi connectivity index (χ0n) is 40.3. The third-order valence-electron chi connectivity index (χ3n) is 15.8. The zero-order valence-corrected chi connectivity index (χ0v) is 40.3. The van der Waals surface area contributed by atoms with Gasteiger partial charge in [0.05, 0.1) is 11.1 Å². The smallest absolute Gasteiger partial charge is 0.0726 e. The number of rotatable bonds is 8. The quantitative estimate of drug-likeness (QED) is 0.150. The van der Waals surface area contributed by atoms with Crippen molar-refractivity contribution < 1.29 is 0 Å². The van der Waals surface area contributed by atoms with Crippen molar-refractivity contribution >= 4 is 34.1 Å². The molecule has 0 saturated carbocycles. The van der Waals surface area contributed by atoms with Crippen LogP contribution < -0.4 is 9.80 Å². The standard InChI is InChI=1S/C70H50N2/c1-69(2)60-35-19-17-33-58(60)67-66-59-34-18-22-38-63(59)70(61-36-20-15-31-56(61)57-32-16-21-37-62(57)70)64(66)46-65(68(67)69)72(52-29-13-6-14-30-52)55-44-50(48-25-9-4-10-26-48)43-54(45-55)71(51-27-11-5-12-28-51)53-41-39-49(40-42-53)47-23-7-3-8-24-47/h3-46H,1-2H3. The summed E-state index contributed by atoms with van der Waals surface area (Å²) in [5, 5.41) is 0. The summed E-state index contributed by atoms with van der Waals surface area (Å²) < 4.78 is 0. The summed E-state index contributed by atoms with van der Waals surface area (Å²) >= 11 is 0. The Morgan fingerprint density at radius 2 is 0.653 bits per heavy atom. The molecule has 0 aliphatic heterocycles. The molecule has 0 amide bonds. The van der Waals surface area contributed by atoms with Crippen LogP contribution in [0.2, 0.25) is 0 Å². The van der Waals surface area contributed by atoms with Gasteiger partial charge in [0.2, 0.25) is 0 Å². The number of benzene rings is 11. The van der Waals surface area contributed by atoms with Gasteiger partial charge in [-0.3, -0.25) is 0 Å². The molecule has 0 aromatic heterocycles. The van der Waals surface area contributed by atoms with E-state index in [-0.39, 0.29) is 5.41 Å². The van der Waals surface area contributed by atoms with Crippen LogP contribution in [-0.4, -0.2) is 0 Å². The van der Waals surface area contributed by atoms with Crippen LogP contribution in [0.4, 0.5) is 34.1 Å². The molecule has 0 saturated heterocycles. The predicted molar refractivity (Wildman–Crippen MR) is 301 cm³/mol. The molecule has 72 heavy (non-hydrogen) atoms. The Balaban J connectivity index is 1.09. The molecule has 0 N–H and O–H groups in total. The Bertz CT molecular complexity index is 3830. The van der Waals surface area contributed by atoms with E-state index in [0.717, 1.165) is 39.6 Å². The lowest BCUT2D eigenvalue weighted by Crippen LogP contribution is -2.27.